The number of amides is 1. The number of carbonyl (C=O) groups is 1. The molecule has 3 heterocycles. The lowest BCUT2D eigenvalue weighted by molar-refractivity contribution is 0.102. The molecule has 0 fully saturated rings. The molecule has 8 nitrogen and oxygen atoms in total. The molecule has 0 saturated carbocycles. The minimum Gasteiger partial charge on any atom is -0.319 e. The van der Waals surface area contributed by atoms with Crippen LogP contribution in [0.3, 0.4) is 0 Å². The number of hydrogen-bond donors (Lipinski definition) is 1. The van der Waals surface area contributed by atoms with Crippen molar-refractivity contribution in [3.05, 3.63) is 52.2 Å². The van der Waals surface area contributed by atoms with Gasteiger partial charge in [0.25, 0.3) is 5.91 Å². The van der Waals surface area contributed by atoms with E-state index in [1.807, 2.05) is 47.9 Å². The Bertz CT molecular complexity index is 1120. The van der Waals surface area contributed by atoms with E-state index in [2.05, 4.69) is 25.7 Å². The fourth-order valence-electron chi connectivity index (χ4n) is 3.00. The van der Waals surface area contributed by atoms with E-state index >= 15 is 0 Å². The summed E-state index contributed by atoms with van der Waals surface area (Å²) in [4.78, 5) is 18.1. The number of anilines is 1. The maximum atomic E-state index is 12.6. The molecule has 0 spiro atoms. The molecule has 1 amide bonds. The highest BCUT2D eigenvalue weighted by Crippen LogP contribution is 2.18. The van der Waals surface area contributed by atoms with Crippen LogP contribution in [0.2, 0.25) is 0 Å². The molecule has 0 saturated heterocycles. The molecule has 0 aliphatic rings. The maximum absolute atomic E-state index is 12.6. The van der Waals surface area contributed by atoms with Gasteiger partial charge in [-0.15, -0.1) is 16.4 Å². The first kappa shape index (κ1) is 18.3. The van der Waals surface area contributed by atoms with Crippen LogP contribution in [0.1, 0.15) is 40.8 Å². The summed E-state index contributed by atoms with van der Waals surface area (Å²) < 4.78 is 3.66. The van der Waals surface area contributed by atoms with Crippen molar-refractivity contribution in [1.82, 2.24) is 29.8 Å². The molecule has 0 atom stereocenters. The first-order valence-corrected chi connectivity index (χ1v) is 9.97. The lowest BCUT2D eigenvalue weighted by atomic mass is 10.2. The largest absolute Gasteiger partial charge is 0.319 e. The Morgan fingerprint density at radius 3 is 2.93 bits per heavy atom. The molecule has 1 aromatic carbocycles. The molecule has 144 valence electrons. The highest BCUT2D eigenvalue weighted by molar-refractivity contribution is 7.09. The first-order chi connectivity index (χ1) is 13.5. The molecular weight excluding hydrogens is 374 g/mol. The monoisotopic (exact) mass is 395 g/mol. The molecule has 0 bridgehead atoms. The van der Waals surface area contributed by atoms with Crippen LogP contribution in [-0.2, 0) is 13.0 Å². The summed E-state index contributed by atoms with van der Waals surface area (Å²) in [6.45, 7) is 6.84. The molecule has 0 aliphatic carbocycles. The lowest BCUT2D eigenvalue weighted by Crippen LogP contribution is -2.11. The fourth-order valence-corrected chi connectivity index (χ4v) is 3.77. The molecule has 0 radical (unpaired) electrons. The van der Waals surface area contributed by atoms with Crippen molar-refractivity contribution in [1.29, 1.82) is 0 Å². The number of fused-ring (bicyclic) bond motifs is 1. The van der Waals surface area contributed by atoms with E-state index in [1.165, 1.54) is 4.88 Å². The SMILES string of the molecule is Cc1ncsc1CCn1cc(NC(=O)c2ccc3c(c2)nnn3C(C)C)cn1. The van der Waals surface area contributed by atoms with Crippen molar-refractivity contribution in [2.24, 2.45) is 0 Å². The van der Waals surface area contributed by atoms with Gasteiger partial charge in [0.2, 0.25) is 0 Å². The molecule has 9 heteroatoms. The van der Waals surface area contributed by atoms with Gasteiger partial charge in [-0.1, -0.05) is 5.21 Å². The highest BCUT2D eigenvalue weighted by Gasteiger charge is 2.13. The summed E-state index contributed by atoms with van der Waals surface area (Å²) in [6.07, 6.45) is 4.36. The zero-order valence-electron chi connectivity index (χ0n) is 16.0. The van der Waals surface area contributed by atoms with E-state index in [1.54, 1.807) is 29.7 Å². The number of thiazole rings is 1. The zero-order valence-corrected chi connectivity index (χ0v) is 16.8. The van der Waals surface area contributed by atoms with E-state index in [0.717, 1.165) is 24.2 Å². The van der Waals surface area contributed by atoms with Gasteiger partial charge in [-0.2, -0.15) is 5.10 Å². The number of aryl methyl sites for hydroxylation is 3. The van der Waals surface area contributed by atoms with Gasteiger partial charge in [0.05, 0.1) is 28.6 Å². The van der Waals surface area contributed by atoms with Gasteiger partial charge in [-0.05, 0) is 39.0 Å². The predicted octanol–water partition coefficient (Wildman–Crippen LogP) is 3.47. The Labute approximate surface area is 166 Å². The molecular formula is C19H21N7OS. The van der Waals surface area contributed by atoms with Gasteiger partial charge in [-0.25, -0.2) is 9.67 Å². The highest BCUT2D eigenvalue weighted by atomic mass is 32.1. The Hall–Kier alpha value is -3.07. The van der Waals surface area contributed by atoms with E-state index in [0.29, 0.717) is 16.8 Å². The third kappa shape index (κ3) is 3.65. The summed E-state index contributed by atoms with van der Waals surface area (Å²) >= 11 is 1.65. The van der Waals surface area contributed by atoms with E-state index < -0.39 is 0 Å². The van der Waals surface area contributed by atoms with E-state index in [4.69, 9.17) is 0 Å². The van der Waals surface area contributed by atoms with Crippen LogP contribution in [0, 0.1) is 6.92 Å². The number of nitrogens with zero attached hydrogens (tertiary/aromatic N) is 6. The Balaban J connectivity index is 1.43. The second kappa shape index (κ2) is 7.51. The Kier molecular flexibility index (Phi) is 4.91. The summed E-state index contributed by atoms with van der Waals surface area (Å²) in [5.74, 6) is -0.196. The van der Waals surface area contributed by atoms with Crippen LogP contribution in [0.25, 0.3) is 11.0 Å². The van der Waals surface area contributed by atoms with Crippen LogP contribution in [0.5, 0.6) is 0 Å². The lowest BCUT2D eigenvalue weighted by Gasteiger charge is -2.06. The summed E-state index contributed by atoms with van der Waals surface area (Å²) in [5.41, 5.74) is 5.74. The molecule has 1 N–H and O–H groups in total. The second-order valence-electron chi connectivity index (χ2n) is 6.89. The number of rotatable bonds is 6. The van der Waals surface area contributed by atoms with Crippen molar-refractivity contribution in [2.45, 2.75) is 39.8 Å². The van der Waals surface area contributed by atoms with Gasteiger partial charge < -0.3 is 5.32 Å². The third-order valence-electron chi connectivity index (χ3n) is 4.53. The van der Waals surface area contributed by atoms with E-state index in [-0.39, 0.29) is 11.9 Å². The molecule has 4 aromatic rings. The van der Waals surface area contributed by atoms with Crippen molar-refractivity contribution in [2.75, 3.05) is 5.32 Å². The number of nitrogens with one attached hydrogen (secondary N) is 1. The minimum atomic E-state index is -0.196. The molecule has 0 unspecified atom stereocenters. The maximum Gasteiger partial charge on any atom is 0.255 e. The Morgan fingerprint density at radius 2 is 2.18 bits per heavy atom. The second-order valence-corrected chi connectivity index (χ2v) is 7.83. The first-order valence-electron chi connectivity index (χ1n) is 9.09. The summed E-state index contributed by atoms with van der Waals surface area (Å²) in [6, 6.07) is 5.64. The molecule has 0 aliphatic heterocycles. The minimum absolute atomic E-state index is 0.196. The van der Waals surface area contributed by atoms with Crippen molar-refractivity contribution in [3.8, 4) is 0 Å². The van der Waals surface area contributed by atoms with Gasteiger partial charge in [0.15, 0.2) is 0 Å². The number of benzene rings is 1. The van der Waals surface area contributed by atoms with Gasteiger partial charge in [0.1, 0.15) is 5.52 Å². The fraction of sp³-hybridized carbons (Fsp3) is 0.316. The van der Waals surface area contributed by atoms with Crippen LogP contribution in [0.4, 0.5) is 5.69 Å². The number of carbonyl (C=O) groups excluding carboxylic acids is 1. The third-order valence-corrected chi connectivity index (χ3v) is 5.52. The van der Waals surface area contributed by atoms with Crippen molar-refractivity contribution >= 4 is 34.0 Å². The van der Waals surface area contributed by atoms with Crippen LogP contribution in [-0.4, -0.2) is 35.7 Å². The van der Waals surface area contributed by atoms with Crippen LogP contribution in [0.15, 0.2) is 36.1 Å². The quantitative estimate of drug-likeness (QED) is 0.540. The average Bonchev–Trinajstić information content (AvgIpc) is 3.39. The Morgan fingerprint density at radius 1 is 1.32 bits per heavy atom. The van der Waals surface area contributed by atoms with Crippen LogP contribution >= 0.6 is 11.3 Å². The van der Waals surface area contributed by atoms with Gasteiger partial charge in [-0.3, -0.25) is 9.48 Å². The number of hydrogen-bond acceptors (Lipinski definition) is 6. The van der Waals surface area contributed by atoms with Crippen molar-refractivity contribution < 1.29 is 4.79 Å². The molecule has 4 rings (SSSR count). The smallest absolute Gasteiger partial charge is 0.255 e. The standard InChI is InChI=1S/C19H21N7OS/c1-12(2)26-17-5-4-14(8-16(17)23-24-26)19(27)22-15-9-21-25(10-15)7-6-18-13(3)20-11-28-18/h4-5,8-12H,6-7H2,1-3H3,(H,22,27). The van der Waals surface area contributed by atoms with Crippen LogP contribution < -0.4 is 5.32 Å². The van der Waals surface area contributed by atoms with E-state index in [9.17, 15) is 4.79 Å². The number of aromatic nitrogens is 6. The molecule has 3 aromatic heterocycles. The predicted molar refractivity (Wildman–Crippen MR) is 109 cm³/mol. The topological polar surface area (TPSA) is 90.5 Å². The van der Waals surface area contributed by atoms with Gasteiger partial charge in [0, 0.05) is 35.6 Å². The normalized spacial score (nSPS) is 11.4. The zero-order chi connectivity index (χ0) is 19.7. The summed E-state index contributed by atoms with van der Waals surface area (Å²) in [5, 5.41) is 15.5. The summed E-state index contributed by atoms with van der Waals surface area (Å²) in [7, 11) is 0. The van der Waals surface area contributed by atoms with Crippen molar-refractivity contribution in [3.63, 3.8) is 0 Å². The van der Waals surface area contributed by atoms with Gasteiger partial charge >= 0.3 is 0 Å². The molecule has 28 heavy (non-hydrogen) atoms. The average molecular weight is 395 g/mol.